The Bertz CT molecular complexity index is 540. The second kappa shape index (κ2) is 5.35. The Balaban J connectivity index is 2.31. The summed E-state index contributed by atoms with van der Waals surface area (Å²) in [6.45, 7) is 0. The predicted molar refractivity (Wildman–Crippen MR) is 68.1 cm³/mol. The van der Waals surface area contributed by atoms with E-state index in [0.29, 0.717) is 33.5 Å². The molecule has 0 saturated carbocycles. The molecule has 0 heterocycles. The Hall–Kier alpha value is -1.62. The number of hydrogen-bond acceptors (Lipinski definition) is 2. The fourth-order valence-electron chi connectivity index (χ4n) is 1.58. The van der Waals surface area contributed by atoms with Gasteiger partial charge in [-0.2, -0.15) is 8.78 Å². The van der Waals surface area contributed by atoms with Crippen LogP contribution in [0.25, 0.3) is 11.1 Å². The van der Waals surface area contributed by atoms with E-state index in [-0.39, 0.29) is 0 Å². The van der Waals surface area contributed by atoms with Gasteiger partial charge in [-0.25, -0.2) is 4.39 Å². The number of rotatable bonds is 3. The van der Waals surface area contributed by atoms with Gasteiger partial charge in [0.25, 0.3) is 5.76 Å². The summed E-state index contributed by atoms with van der Waals surface area (Å²) in [5.41, 5.74) is 7.02. The van der Waals surface area contributed by atoms with Crippen LogP contribution in [0.15, 0.2) is 47.4 Å². The Morgan fingerprint density at radius 2 is 1.67 bits per heavy atom. The van der Waals surface area contributed by atoms with Crippen LogP contribution in [0.1, 0.15) is 0 Å². The van der Waals surface area contributed by atoms with E-state index in [2.05, 4.69) is 0 Å². The number of nitrogens with two attached hydrogens (primary N) is 1. The fraction of sp³-hybridized carbons (Fsp3) is 0.0769. The molecule has 0 aromatic heterocycles. The van der Waals surface area contributed by atoms with Gasteiger partial charge >= 0.3 is 0 Å². The van der Waals surface area contributed by atoms with Crippen LogP contribution in [0.2, 0.25) is 0 Å². The normalized spacial score (nSPS) is 10.9. The molecule has 0 spiro atoms. The summed E-state index contributed by atoms with van der Waals surface area (Å²) in [6, 6.07) is 10.5. The van der Waals surface area contributed by atoms with Crippen molar-refractivity contribution in [3.05, 3.63) is 48.3 Å². The molecule has 2 aromatic rings. The first kappa shape index (κ1) is 12.8. The molecule has 2 N–H and O–H groups in total. The third-order valence-corrected chi connectivity index (χ3v) is 3.10. The van der Waals surface area contributed by atoms with E-state index >= 15 is 0 Å². The van der Waals surface area contributed by atoms with Gasteiger partial charge in [0.05, 0.1) is 0 Å². The van der Waals surface area contributed by atoms with Gasteiger partial charge in [0.15, 0.2) is 0 Å². The first-order valence-corrected chi connectivity index (χ1v) is 6.04. The molecule has 0 amide bonds. The molecule has 18 heavy (non-hydrogen) atoms. The van der Waals surface area contributed by atoms with Crippen molar-refractivity contribution in [1.82, 2.24) is 0 Å². The van der Waals surface area contributed by atoms with Crippen molar-refractivity contribution < 1.29 is 13.2 Å². The molecular formula is C13H10F3NS. The Morgan fingerprint density at radius 1 is 1.00 bits per heavy atom. The number of halogens is 3. The molecule has 94 valence electrons. The topological polar surface area (TPSA) is 26.0 Å². The minimum absolute atomic E-state index is 0.364. The summed E-state index contributed by atoms with van der Waals surface area (Å²) in [5.74, 6) is -2.85. The molecule has 0 aliphatic carbocycles. The minimum atomic E-state index is -2.46. The highest BCUT2D eigenvalue weighted by Crippen LogP contribution is 2.29. The second-order valence-electron chi connectivity index (χ2n) is 3.64. The second-order valence-corrected chi connectivity index (χ2v) is 4.71. The van der Waals surface area contributed by atoms with Crippen molar-refractivity contribution in [3.63, 3.8) is 0 Å². The average molecular weight is 269 g/mol. The lowest BCUT2D eigenvalue weighted by Gasteiger charge is -2.06. The molecule has 0 aliphatic rings. The first-order chi connectivity index (χ1) is 8.56. The Morgan fingerprint density at radius 3 is 2.28 bits per heavy atom. The van der Waals surface area contributed by atoms with Crippen LogP contribution in [-0.4, -0.2) is 5.76 Å². The number of nitrogen functional groups attached to an aromatic ring is 1. The number of anilines is 1. The van der Waals surface area contributed by atoms with Gasteiger partial charge in [0, 0.05) is 16.1 Å². The molecule has 0 atom stereocenters. The van der Waals surface area contributed by atoms with Crippen molar-refractivity contribution in [2.24, 2.45) is 0 Å². The maximum atomic E-state index is 13.6. The first-order valence-electron chi connectivity index (χ1n) is 5.16. The van der Waals surface area contributed by atoms with E-state index in [0.717, 1.165) is 0 Å². The highest BCUT2D eigenvalue weighted by Gasteiger charge is 2.08. The van der Waals surface area contributed by atoms with Gasteiger partial charge in [0.2, 0.25) is 0 Å². The summed E-state index contributed by atoms with van der Waals surface area (Å²) in [5, 5.41) is 0. The van der Waals surface area contributed by atoms with Crippen molar-refractivity contribution in [2.45, 2.75) is 10.7 Å². The molecule has 2 rings (SSSR count). The molecule has 2 aromatic carbocycles. The zero-order valence-electron chi connectivity index (χ0n) is 9.24. The van der Waals surface area contributed by atoms with E-state index in [1.807, 2.05) is 0 Å². The maximum Gasteiger partial charge on any atom is 0.288 e. The summed E-state index contributed by atoms with van der Waals surface area (Å²) in [6.07, 6.45) is 0. The van der Waals surface area contributed by atoms with Gasteiger partial charge in [0.1, 0.15) is 5.82 Å². The predicted octanol–water partition coefficient (Wildman–Crippen LogP) is 4.39. The number of hydrogen-bond donors (Lipinski definition) is 1. The van der Waals surface area contributed by atoms with Crippen molar-refractivity contribution >= 4 is 17.4 Å². The van der Waals surface area contributed by atoms with Gasteiger partial charge in [-0.3, -0.25) is 0 Å². The van der Waals surface area contributed by atoms with Crippen LogP contribution in [0.3, 0.4) is 0 Å². The Labute approximate surface area is 107 Å². The molecule has 0 bridgehead atoms. The molecule has 0 radical (unpaired) electrons. The number of benzene rings is 2. The van der Waals surface area contributed by atoms with Gasteiger partial charge in [-0.15, -0.1) is 0 Å². The van der Waals surface area contributed by atoms with Crippen LogP contribution in [-0.2, 0) is 0 Å². The molecule has 5 heteroatoms. The summed E-state index contributed by atoms with van der Waals surface area (Å²) < 4.78 is 37.9. The van der Waals surface area contributed by atoms with Gasteiger partial charge in [-0.1, -0.05) is 23.9 Å². The largest absolute Gasteiger partial charge is 0.399 e. The monoisotopic (exact) mass is 269 g/mol. The summed E-state index contributed by atoms with van der Waals surface area (Å²) in [7, 11) is 0. The summed E-state index contributed by atoms with van der Waals surface area (Å²) in [4.78, 5) is 0.443. The van der Waals surface area contributed by atoms with Crippen molar-refractivity contribution in [1.29, 1.82) is 0 Å². The fourth-order valence-corrected chi connectivity index (χ4v) is 2.08. The van der Waals surface area contributed by atoms with E-state index in [4.69, 9.17) is 5.73 Å². The van der Waals surface area contributed by atoms with Gasteiger partial charge in [-0.05, 0) is 35.9 Å². The minimum Gasteiger partial charge on any atom is -0.399 e. The lowest BCUT2D eigenvalue weighted by molar-refractivity contribution is 0.252. The van der Waals surface area contributed by atoms with Gasteiger partial charge < -0.3 is 5.73 Å². The zero-order chi connectivity index (χ0) is 13.1. The lowest BCUT2D eigenvalue weighted by atomic mass is 10.0. The molecule has 0 unspecified atom stereocenters. The SMILES string of the molecule is Nc1ccc(F)c(-c2ccc(SC(F)F)cc2)c1. The molecular weight excluding hydrogens is 259 g/mol. The number of thioether (sulfide) groups is 1. The molecule has 0 aliphatic heterocycles. The third-order valence-electron chi connectivity index (χ3n) is 2.38. The standard InChI is InChI=1S/C13H10F3NS/c14-12-6-3-9(17)7-11(12)8-1-4-10(5-2-8)18-13(15)16/h1-7,13H,17H2. The maximum absolute atomic E-state index is 13.6. The zero-order valence-corrected chi connectivity index (χ0v) is 10.1. The van der Waals surface area contributed by atoms with E-state index in [9.17, 15) is 13.2 Å². The van der Waals surface area contributed by atoms with E-state index in [1.165, 1.54) is 30.3 Å². The molecule has 1 nitrogen and oxygen atoms in total. The Kier molecular flexibility index (Phi) is 3.81. The molecule has 0 saturated heterocycles. The van der Waals surface area contributed by atoms with Crippen LogP contribution >= 0.6 is 11.8 Å². The van der Waals surface area contributed by atoms with Crippen LogP contribution in [0.4, 0.5) is 18.9 Å². The quantitative estimate of drug-likeness (QED) is 0.660. The van der Waals surface area contributed by atoms with E-state index in [1.54, 1.807) is 12.1 Å². The highest BCUT2D eigenvalue weighted by atomic mass is 32.2. The molecule has 0 fully saturated rings. The van der Waals surface area contributed by atoms with Crippen LogP contribution in [0.5, 0.6) is 0 Å². The smallest absolute Gasteiger partial charge is 0.288 e. The van der Waals surface area contributed by atoms with Crippen molar-refractivity contribution in [2.75, 3.05) is 5.73 Å². The highest BCUT2D eigenvalue weighted by molar-refractivity contribution is 7.99. The summed E-state index contributed by atoms with van der Waals surface area (Å²) >= 11 is 0.458. The third kappa shape index (κ3) is 2.98. The van der Waals surface area contributed by atoms with Crippen LogP contribution in [0, 0.1) is 5.82 Å². The van der Waals surface area contributed by atoms with E-state index < -0.39 is 11.6 Å². The average Bonchev–Trinajstić information content (AvgIpc) is 2.33. The van der Waals surface area contributed by atoms with Crippen LogP contribution < -0.4 is 5.73 Å². The van der Waals surface area contributed by atoms with Crippen molar-refractivity contribution in [3.8, 4) is 11.1 Å². The number of alkyl halides is 2. The lowest BCUT2D eigenvalue weighted by Crippen LogP contribution is -1.89.